The van der Waals surface area contributed by atoms with Crippen molar-refractivity contribution in [1.82, 2.24) is 15.0 Å². The summed E-state index contributed by atoms with van der Waals surface area (Å²) in [5, 5.41) is 6.87. The molecule has 0 N–H and O–H groups in total. The van der Waals surface area contributed by atoms with Gasteiger partial charge in [-0.2, -0.15) is 0 Å². The van der Waals surface area contributed by atoms with Gasteiger partial charge in [0.2, 0.25) is 0 Å². The normalized spacial score (nSPS) is 13.9. The van der Waals surface area contributed by atoms with Crippen LogP contribution in [0.2, 0.25) is 0 Å². The summed E-state index contributed by atoms with van der Waals surface area (Å²) in [5.41, 5.74) is 3.75. The number of nitrogens with zero attached hydrogens (tertiary/aromatic N) is 3. The average molecular weight is 396 g/mol. The highest BCUT2D eigenvalue weighted by Crippen LogP contribution is 2.32. The van der Waals surface area contributed by atoms with E-state index in [9.17, 15) is 4.79 Å². The second-order valence-electron chi connectivity index (χ2n) is 6.76. The Hall–Kier alpha value is -2.51. The molecule has 1 aliphatic rings. The van der Waals surface area contributed by atoms with Gasteiger partial charge in [0.25, 0.3) is 11.6 Å². The van der Waals surface area contributed by atoms with E-state index < -0.39 is 0 Å². The minimum Gasteiger partial charge on any atom is -0.335 e. The molecule has 0 fully saturated rings. The summed E-state index contributed by atoms with van der Waals surface area (Å²) in [5.74, 6) is 0.0140. The second kappa shape index (κ2) is 6.28. The lowest BCUT2D eigenvalue weighted by Gasteiger charge is -2.27. The molecule has 27 heavy (non-hydrogen) atoms. The third kappa shape index (κ3) is 2.78. The van der Waals surface area contributed by atoms with Crippen LogP contribution in [0.3, 0.4) is 0 Å². The quantitative estimate of drug-likeness (QED) is 0.488. The first kappa shape index (κ1) is 16.6. The minimum absolute atomic E-state index is 0.0140. The molecular formula is C20H17N3O2S2. The molecule has 0 bridgehead atoms. The van der Waals surface area contributed by atoms with E-state index in [4.69, 9.17) is 4.52 Å². The van der Waals surface area contributed by atoms with Gasteiger partial charge in [-0.15, -0.1) is 22.7 Å². The Kier molecular flexibility index (Phi) is 3.87. The van der Waals surface area contributed by atoms with Gasteiger partial charge >= 0.3 is 0 Å². The molecule has 4 aromatic rings. The standard InChI is InChI=1S/C20H17N3O2S2/c1-11-3-4-17(27-11)15-9-14(18-12(2)22-25-19(18)21-15)20(24)23-7-5-16-13(10-23)6-8-26-16/h3-4,6,8-9H,5,7,10H2,1-2H3. The molecule has 0 aromatic carbocycles. The number of amides is 1. The Morgan fingerprint density at radius 3 is 2.96 bits per heavy atom. The fourth-order valence-electron chi connectivity index (χ4n) is 3.55. The Labute approximate surface area is 164 Å². The molecule has 0 saturated heterocycles. The molecular weight excluding hydrogens is 378 g/mol. The summed E-state index contributed by atoms with van der Waals surface area (Å²) in [6.45, 7) is 5.29. The predicted octanol–water partition coefficient (Wildman–Crippen LogP) is 4.83. The summed E-state index contributed by atoms with van der Waals surface area (Å²) < 4.78 is 5.41. The van der Waals surface area contributed by atoms with E-state index in [0.29, 0.717) is 28.9 Å². The van der Waals surface area contributed by atoms with Crippen molar-refractivity contribution in [1.29, 1.82) is 0 Å². The van der Waals surface area contributed by atoms with E-state index in [0.717, 1.165) is 23.5 Å². The molecule has 0 unspecified atom stereocenters. The number of aromatic nitrogens is 2. The van der Waals surface area contributed by atoms with Gasteiger partial charge in [0.1, 0.15) is 0 Å². The number of carbonyl (C=O) groups is 1. The second-order valence-corrected chi connectivity index (χ2v) is 9.05. The number of thiophene rings is 2. The third-order valence-corrected chi connectivity index (χ3v) is 6.98. The first-order chi connectivity index (χ1) is 13.1. The van der Waals surface area contributed by atoms with Crippen LogP contribution in [0.15, 0.2) is 34.2 Å². The minimum atomic E-state index is 0.0140. The van der Waals surface area contributed by atoms with Crippen LogP contribution in [0.25, 0.3) is 21.7 Å². The highest BCUT2D eigenvalue weighted by Gasteiger charge is 2.26. The molecule has 0 atom stereocenters. The van der Waals surface area contributed by atoms with Crippen LogP contribution in [0, 0.1) is 13.8 Å². The molecule has 136 valence electrons. The number of hydrogen-bond acceptors (Lipinski definition) is 6. The van der Waals surface area contributed by atoms with Gasteiger partial charge in [0.15, 0.2) is 0 Å². The van der Waals surface area contributed by atoms with Crippen molar-refractivity contribution >= 4 is 39.7 Å². The number of aryl methyl sites for hydroxylation is 2. The molecule has 4 aromatic heterocycles. The Morgan fingerprint density at radius 2 is 2.15 bits per heavy atom. The van der Waals surface area contributed by atoms with Crippen molar-refractivity contribution in [2.75, 3.05) is 6.54 Å². The van der Waals surface area contributed by atoms with Crippen LogP contribution in [-0.4, -0.2) is 27.5 Å². The number of rotatable bonds is 2. The molecule has 1 aliphatic heterocycles. The fraction of sp³-hybridized carbons (Fsp3) is 0.250. The number of pyridine rings is 1. The lowest BCUT2D eigenvalue weighted by molar-refractivity contribution is 0.0737. The molecule has 1 amide bonds. The molecule has 5 heterocycles. The van der Waals surface area contributed by atoms with E-state index >= 15 is 0 Å². The number of fused-ring (bicyclic) bond motifs is 2. The van der Waals surface area contributed by atoms with E-state index in [1.165, 1.54) is 15.3 Å². The summed E-state index contributed by atoms with van der Waals surface area (Å²) in [4.78, 5) is 23.6. The molecule has 0 radical (unpaired) electrons. The largest absolute Gasteiger partial charge is 0.335 e. The Balaban J connectivity index is 1.61. The molecule has 5 nitrogen and oxygen atoms in total. The maximum Gasteiger partial charge on any atom is 0.259 e. The fourth-order valence-corrected chi connectivity index (χ4v) is 5.27. The number of hydrogen-bond donors (Lipinski definition) is 0. The first-order valence-electron chi connectivity index (χ1n) is 8.78. The van der Waals surface area contributed by atoms with Gasteiger partial charge in [-0.1, -0.05) is 5.16 Å². The maximum absolute atomic E-state index is 13.4. The van der Waals surface area contributed by atoms with Crippen LogP contribution in [0.1, 0.15) is 31.4 Å². The molecule has 0 spiro atoms. The summed E-state index contributed by atoms with van der Waals surface area (Å²) in [6, 6.07) is 8.10. The van der Waals surface area contributed by atoms with Crippen LogP contribution in [-0.2, 0) is 13.0 Å². The van der Waals surface area contributed by atoms with E-state index in [2.05, 4.69) is 34.6 Å². The zero-order chi connectivity index (χ0) is 18.5. The van der Waals surface area contributed by atoms with Crippen LogP contribution in [0.4, 0.5) is 0 Å². The summed E-state index contributed by atoms with van der Waals surface area (Å²) in [6.07, 6.45) is 0.909. The van der Waals surface area contributed by atoms with Crippen molar-refractivity contribution in [3.05, 3.63) is 56.2 Å². The topological polar surface area (TPSA) is 59.2 Å². The van der Waals surface area contributed by atoms with Crippen molar-refractivity contribution in [3.8, 4) is 10.6 Å². The van der Waals surface area contributed by atoms with Gasteiger partial charge in [-0.3, -0.25) is 4.79 Å². The molecule has 5 rings (SSSR count). The third-order valence-electron chi connectivity index (χ3n) is 4.94. The summed E-state index contributed by atoms with van der Waals surface area (Å²) in [7, 11) is 0. The smallest absolute Gasteiger partial charge is 0.259 e. The van der Waals surface area contributed by atoms with E-state index in [1.807, 2.05) is 24.0 Å². The predicted molar refractivity (Wildman–Crippen MR) is 107 cm³/mol. The van der Waals surface area contributed by atoms with Crippen molar-refractivity contribution in [3.63, 3.8) is 0 Å². The van der Waals surface area contributed by atoms with Gasteiger partial charge in [-0.25, -0.2) is 4.98 Å². The molecule has 7 heteroatoms. The lowest BCUT2D eigenvalue weighted by Crippen LogP contribution is -2.35. The zero-order valence-corrected chi connectivity index (χ0v) is 16.6. The zero-order valence-electron chi connectivity index (χ0n) is 15.0. The van der Waals surface area contributed by atoms with Crippen LogP contribution in [0.5, 0.6) is 0 Å². The Morgan fingerprint density at radius 1 is 1.26 bits per heavy atom. The Bertz CT molecular complexity index is 1170. The van der Waals surface area contributed by atoms with Crippen molar-refractivity contribution in [2.45, 2.75) is 26.8 Å². The monoisotopic (exact) mass is 395 g/mol. The number of carbonyl (C=O) groups excluding carboxylic acids is 1. The SMILES string of the molecule is Cc1ccc(-c2cc(C(=O)N3CCc4sccc4C3)c3c(C)noc3n2)s1. The van der Waals surface area contributed by atoms with Gasteiger partial charge < -0.3 is 9.42 Å². The first-order valence-corrected chi connectivity index (χ1v) is 10.5. The van der Waals surface area contributed by atoms with Crippen LogP contribution < -0.4 is 0 Å². The average Bonchev–Trinajstić information content (AvgIpc) is 3.40. The van der Waals surface area contributed by atoms with E-state index in [1.54, 1.807) is 22.7 Å². The highest BCUT2D eigenvalue weighted by molar-refractivity contribution is 7.15. The van der Waals surface area contributed by atoms with E-state index in [-0.39, 0.29) is 5.91 Å². The van der Waals surface area contributed by atoms with Gasteiger partial charge in [0, 0.05) is 22.8 Å². The van der Waals surface area contributed by atoms with Gasteiger partial charge in [0.05, 0.1) is 27.2 Å². The molecule has 0 saturated carbocycles. The van der Waals surface area contributed by atoms with Crippen molar-refractivity contribution in [2.24, 2.45) is 0 Å². The van der Waals surface area contributed by atoms with Crippen LogP contribution >= 0.6 is 22.7 Å². The van der Waals surface area contributed by atoms with Crippen molar-refractivity contribution < 1.29 is 9.32 Å². The maximum atomic E-state index is 13.4. The molecule has 0 aliphatic carbocycles. The summed E-state index contributed by atoms with van der Waals surface area (Å²) >= 11 is 3.43. The lowest BCUT2D eigenvalue weighted by atomic mass is 10.0. The highest BCUT2D eigenvalue weighted by atomic mass is 32.1. The van der Waals surface area contributed by atoms with Gasteiger partial charge in [-0.05, 0) is 55.5 Å².